The van der Waals surface area contributed by atoms with Gasteiger partial charge in [0.05, 0.1) is 12.6 Å². The smallest absolute Gasteiger partial charge is 0.407 e. The van der Waals surface area contributed by atoms with E-state index in [0.29, 0.717) is 6.54 Å². The monoisotopic (exact) mass is 367 g/mol. The highest BCUT2D eigenvalue weighted by atomic mass is 32.1. The van der Waals surface area contributed by atoms with Gasteiger partial charge >= 0.3 is 6.09 Å². The predicted octanol–water partition coefficient (Wildman–Crippen LogP) is 2.77. The van der Waals surface area contributed by atoms with Crippen molar-refractivity contribution in [3.05, 3.63) is 22.4 Å². The second-order valence-corrected chi connectivity index (χ2v) is 7.59. The van der Waals surface area contributed by atoms with Crippen molar-refractivity contribution in [2.75, 3.05) is 26.2 Å². The number of hydrogen-bond acceptors (Lipinski definition) is 5. The van der Waals surface area contributed by atoms with Crippen LogP contribution in [-0.4, -0.2) is 49.2 Å². The first-order valence-electron chi connectivity index (χ1n) is 9.01. The summed E-state index contributed by atoms with van der Waals surface area (Å²) in [6, 6.07) is 3.77. The van der Waals surface area contributed by atoms with Crippen molar-refractivity contribution in [1.82, 2.24) is 15.5 Å². The molecule has 1 aromatic rings. The third-order valence-electron chi connectivity index (χ3n) is 4.42. The molecule has 1 fully saturated rings. The maximum absolute atomic E-state index is 12.6. The molecule has 1 aromatic heterocycles. The Balaban J connectivity index is 1.97. The number of carbonyl (C=O) groups is 2. The molecule has 140 valence electrons. The van der Waals surface area contributed by atoms with Gasteiger partial charge in [0, 0.05) is 11.4 Å². The molecular formula is C18H29N3O3S. The van der Waals surface area contributed by atoms with E-state index in [1.807, 2.05) is 19.9 Å². The Bertz CT molecular complexity index is 542. The molecule has 0 spiro atoms. The Morgan fingerprint density at radius 3 is 2.60 bits per heavy atom. The topological polar surface area (TPSA) is 70.7 Å². The minimum Gasteiger partial charge on any atom is -0.450 e. The van der Waals surface area contributed by atoms with Gasteiger partial charge in [-0.25, -0.2) is 4.79 Å². The first-order chi connectivity index (χ1) is 12.0. The summed E-state index contributed by atoms with van der Waals surface area (Å²) in [6.07, 6.45) is 1.86. The number of nitrogens with one attached hydrogen (secondary N) is 2. The van der Waals surface area contributed by atoms with Crippen molar-refractivity contribution in [1.29, 1.82) is 0 Å². The molecule has 0 radical (unpaired) electrons. The summed E-state index contributed by atoms with van der Waals surface area (Å²) < 4.78 is 4.90. The summed E-state index contributed by atoms with van der Waals surface area (Å²) >= 11 is 1.72. The molecule has 6 nitrogen and oxygen atoms in total. The van der Waals surface area contributed by atoms with Crippen molar-refractivity contribution < 1.29 is 14.3 Å². The Morgan fingerprint density at radius 2 is 2.04 bits per heavy atom. The molecule has 25 heavy (non-hydrogen) atoms. The molecule has 2 N–H and O–H groups in total. The Kier molecular flexibility index (Phi) is 7.71. The quantitative estimate of drug-likeness (QED) is 0.741. The molecule has 2 heterocycles. The van der Waals surface area contributed by atoms with E-state index in [0.717, 1.165) is 13.1 Å². The van der Waals surface area contributed by atoms with E-state index in [2.05, 4.69) is 27.0 Å². The van der Waals surface area contributed by atoms with E-state index < -0.39 is 12.1 Å². The van der Waals surface area contributed by atoms with E-state index in [4.69, 9.17) is 4.74 Å². The van der Waals surface area contributed by atoms with Gasteiger partial charge in [0.1, 0.15) is 6.04 Å². The highest BCUT2D eigenvalue weighted by Gasteiger charge is 2.28. The molecule has 1 aliphatic rings. The van der Waals surface area contributed by atoms with Crippen LogP contribution in [0.3, 0.4) is 0 Å². The van der Waals surface area contributed by atoms with E-state index in [1.54, 1.807) is 18.3 Å². The maximum atomic E-state index is 12.6. The Morgan fingerprint density at radius 1 is 1.32 bits per heavy atom. The van der Waals surface area contributed by atoms with Crippen molar-refractivity contribution in [3.8, 4) is 0 Å². The zero-order chi connectivity index (χ0) is 18.2. The van der Waals surface area contributed by atoms with Crippen LogP contribution in [0.4, 0.5) is 4.79 Å². The fourth-order valence-electron chi connectivity index (χ4n) is 3.09. The highest BCUT2D eigenvalue weighted by Crippen LogP contribution is 2.27. The van der Waals surface area contributed by atoms with Crippen molar-refractivity contribution in [2.24, 2.45) is 5.92 Å². The van der Waals surface area contributed by atoms with Crippen LogP contribution in [0.2, 0.25) is 0 Å². The molecule has 0 aromatic carbocycles. The van der Waals surface area contributed by atoms with E-state index in [1.165, 1.54) is 17.7 Å². The molecule has 2 atom stereocenters. The van der Waals surface area contributed by atoms with Crippen LogP contribution in [0.5, 0.6) is 0 Å². The average Bonchev–Trinajstić information content (AvgIpc) is 3.26. The second kappa shape index (κ2) is 9.77. The number of alkyl carbamates (subject to hydrolysis) is 1. The van der Waals surface area contributed by atoms with Gasteiger partial charge in [-0.05, 0) is 50.2 Å². The van der Waals surface area contributed by atoms with Gasteiger partial charge in [-0.3, -0.25) is 9.69 Å². The zero-order valence-electron chi connectivity index (χ0n) is 15.3. The van der Waals surface area contributed by atoms with Gasteiger partial charge < -0.3 is 15.4 Å². The van der Waals surface area contributed by atoms with Gasteiger partial charge in [-0.2, -0.15) is 0 Å². The number of carbonyl (C=O) groups excluding carboxylic acids is 2. The molecule has 0 aliphatic carbocycles. The van der Waals surface area contributed by atoms with E-state index in [9.17, 15) is 9.59 Å². The lowest BCUT2D eigenvalue weighted by Crippen LogP contribution is -2.51. The summed E-state index contributed by atoms with van der Waals surface area (Å²) in [4.78, 5) is 28.0. The number of thiophene rings is 1. The molecule has 1 aliphatic heterocycles. The number of likely N-dealkylation sites (tertiary alicyclic amines) is 1. The number of rotatable bonds is 8. The summed E-state index contributed by atoms with van der Waals surface area (Å²) in [7, 11) is 0. The van der Waals surface area contributed by atoms with Crippen LogP contribution in [0.1, 0.15) is 44.5 Å². The van der Waals surface area contributed by atoms with Crippen LogP contribution in [0, 0.1) is 5.92 Å². The van der Waals surface area contributed by atoms with Crippen LogP contribution >= 0.6 is 11.3 Å². The molecule has 7 heteroatoms. The largest absolute Gasteiger partial charge is 0.450 e. The minimum atomic E-state index is -0.596. The second-order valence-electron chi connectivity index (χ2n) is 6.61. The average molecular weight is 368 g/mol. The number of nitrogens with zero attached hydrogens (tertiary/aromatic N) is 1. The molecule has 2 unspecified atom stereocenters. The van der Waals surface area contributed by atoms with Crippen LogP contribution in [0.25, 0.3) is 0 Å². The maximum Gasteiger partial charge on any atom is 0.407 e. The van der Waals surface area contributed by atoms with Gasteiger partial charge in [-0.15, -0.1) is 11.3 Å². The lowest BCUT2D eigenvalue weighted by Gasteiger charge is -2.28. The van der Waals surface area contributed by atoms with Crippen molar-refractivity contribution in [2.45, 2.75) is 45.7 Å². The lowest BCUT2D eigenvalue weighted by molar-refractivity contribution is -0.124. The molecule has 2 amide bonds. The fourth-order valence-corrected chi connectivity index (χ4v) is 3.95. The van der Waals surface area contributed by atoms with Crippen molar-refractivity contribution in [3.63, 3.8) is 0 Å². The van der Waals surface area contributed by atoms with Crippen molar-refractivity contribution >= 4 is 23.3 Å². The first-order valence-corrected chi connectivity index (χ1v) is 9.89. The number of hydrogen-bond donors (Lipinski definition) is 2. The predicted molar refractivity (Wildman–Crippen MR) is 99.7 cm³/mol. The normalized spacial score (nSPS) is 17.3. The standard InChI is InChI=1S/C18H29N3O3S/c1-4-24-18(23)20-16(13(2)3)17(22)19-12-14(15-8-7-11-25-15)21-9-5-6-10-21/h7-8,11,13-14,16H,4-6,9-10,12H2,1-3H3,(H,19,22)(H,20,23). The SMILES string of the molecule is CCOC(=O)NC(C(=O)NCC(c1cccs1)N1CCCC1)C(C)C. The first kappa shape index (κ1) is 19.7. The summed E-state index contributed by atoms with van der Waals surface area (Å²) in [5, 5.41) is 7.76. The molecular weight excluding hydrogens is 338 g/mol. The van der Waals surface area contributed by atoms with Gasteiger partial charge in [0.2, 0.25) is 5.91 Å². The third-order valence-corrected chi connectivity index (χ3v) is 5.39. The lowest BCUT2D eigenvalue weighted by atomic mass is 10.0. The van der Waals surface area contributed by atoms with E-state index >= 15 is 0 Å². The van der Waals surface area contributed by atoms with E-state index in [-0.39, 0.29) is 24.5 Å². The zero-order valence-corrected chi connectivity index (χ0v) is 16.1. The van der Waals surface area contributed by atoms with Crippen LogP contribution < -0.4 is 10.6 Å². The summed E-state index contributed by atoms with van der Waals surface area (Å²) in [5.41, 5.74) is 0. The highest BCUT2D eigenvalue weighted by molar-refractivity contribution is 7.10. The molecule has 2 rings (SSSR count). The molecule has 0 saturated carbocycles. The summed E-state index contributed by atoms with van der Waals surface area (Å²) in [6.45, 7) is 8.52. The van der Waals surface area contributed by atoms with Gasteiger partial charge in [0.25, 0.3) is 0 Å². The van der Waals surface area contributed by atoms with Crippen LogP contribution in [-0.2, 0) is 9.53 Å². The molecule has 0 bridgehead atoms. The third kappa shape index (κ3) is 5.71. The Labute approximate surface area is 153 Å². The van der Waals surface area contributed by atoms with Gasteiger partial charge in [-0.1, -0.05) is 19.9 Å². The van der Waals surface area contributed by atoms with Crippen LogP contribution in [0.15, 0.2) is 17.5 Å². The molecule has 1 saturated heterocycles. The number of amides is 2. The summed E-state index contributed by atoms with van der Waals surface area (Å²) in [5.74, 6) is -0.180. The minimum absolute atomic E-state index is 0.0172. The number of ether oxygens (including phenoxy) is 1. The Hall–Kier alpha value is -1.60. The van der Waals surface area contributed by atoms with Gasteiger partial charge in [0.15, 0.2) is 0 Å². The fraction of sp³-hybridized carbons (Fsp3) is 0.667.